The van der Waals surface area contributed by atoms with Gasteiger partial charge in [0.15, 0.2) is 0 Å². The lowest BCUT2D eigenvalue weighted by atomic mass is 10.1. The van der Waals surface area contributed by atoms with E-state index < -0.39 is 0 Å². The Morgan fingerprint density at radius 2 is 1.93 bits per heavy atom. The lowest BCUT2D eigenvalue weighted by Crippen LogP contribution is -2.22. The van der Waals surface area contributed by atoms with Crippen LogP contribution in [0.5, 0.6) is 0 Å². The average Bonchev–Trinajstić information content (AvgIpc) is 2.25. The summed E-state index contributed by atoms with van der Waals surface area (Å²) in [5.41, 5.74) is 0.790. The van der Waals surface area contributed by atoms with Gasteiger partial charge < -0.3 is 10.6 Å². The van der Waals surface area contributed by atoms with Crippen molar-refractivity contribution in [2.45, 2.75) is 12.8 Å². The second-order valence-electron chi connectivity index (χ2n) is 3.55. The van der Waals surface area contributed by atoms with Crippen LogP contribution in [0, 0.1) is 5.82 Å². The van der Waals surface area contributed by atoms with Gasteiger partial charge in [0.2, 0.25) is 0 Å². The minimum Gasteiger partial charge on any atom is -0.320 e. The van der Waals surface area contributed by atoms with E-state index in [2.05, 4.69) is 10.6 Å². The third-order valence-electron chi connectivity index (χ3n) is 2.31. The molecule has 1 rings (SSSR count). The highest BCUT2D eigenvalue weighted by atomic mass is 19.1. The molecule has 3 heteroatoms. The van der Waals surface area contributed by atoms with Crippen LogP contribution in [0.15, 0.2) is 24.3 Å². The van der Waals surface area contributed by atoms with Gasteiger partial charge in [0.1, 0.15) is 5.82 Å². The summed E-state index contributed by atoms with van der Waals surface area (Å²) in [5, 5.41) is 6.37. The number of hydrogen-bond acceptors (Lipinski definition) is 2. The van der Waals surface area contributed by atoms with Crippen LogP contribution in [-0.4, -0.2) is 26.7 Å². The van der Waals surface area contributed by atoms with Crippen molar-refractivity contribution in [3.8, 4) is 0 Å². The van der Waals surface area contributed by atoms with Crippen molar-refractivity contribution in [1.29, 1.82) is 0 Å². The Bertz CT molecular complexity index is 276. The molecule has 0 amide bonds. The van der Waals surface area contributed by atoms with E-state index in [1.54, 1.807) is 6.07 Å². The van der Waals surface area contributed by atoms with Crippen LogP contribution < -0.4 is 10.6 Å². The van der Waals surface area contributed by atoms with E-state index >= 15 is 0 Å². The maximum atomic E-state index is 13.2. The van der Waals surface area contributed by atoms with Crippen LogP contribution in [0.2, 0.25) is 0 Å². The van der Waals surface area contributed by atoms with Crippen molar-refractivity contribution in [2.24, 2.45) is 0 Å². The van der Waals surface area contributed by atoms with Gasteiger partial charge >= 0.3 is 0 Å². The van der Waals surface area contributed by atoms with Gasteiger partial charge in [-0.15, -0.1) is 0 Å². The molecule has 0 saturated heterocycles. The zero-order valence-corrected chi connectivity index (χ0v) is 9.22. The predicted octanol–water partition coefficient (Wildman–Crippen LogP) is 1.57. The van der Waals surface area contributed by atoms with Gasteiger partial charge in [-0.05, 0) is 51.2 Å². The summed E-state index contributed by atoms with van der Waals surface area (Å²) in [6.07, 6.45) is 1.86. The molecule has 0 bridgehead atoms. The molecule has 84 valence electrons. The summed E-state index contributed by atoms with van der Waals surface area (Å²) in [4.78, 5) is 0. The Labute approximate surface area is 90.9 Å². The molecule has 0 fully saturated rings. The first-order valence-electron chi connectivity index (χ1n) is 5.43. The quantitative estimate of drug-likeness (QED) is 0.667. The zero-order valence-electron chi connectivity index (χ0n) is 9.22. The molecule has 0 radical (unpaired) electrons. The summed E-state index contributed by atoms with van der Waals surface area (Å²) < 4.78 is 13.2. The van der Waals surface area contributed by atoms with Crippen molar-refractivity contribution in [1.82, 2.24) is 10.6 Å². The molecule has 0 aliphatic heterocycles. The van der Waals surface area contributed by atoms with Gasteiger partial charge in [-0.2, -0.15) is 0 Å². The molecule has 1 aromatic rings. The third kappa shape index (κ3) is 4.91. The molecular formula is C12H19FN2. The van der Waals surface area contributed by atoms with Crippen molar-refractivity contribution >= 4 is 0 Å². The number of halogens is 1. The number of rotatable bonds is 7. The maximum Gasteiger partial charge on any atom is 0.126 e. The van der Waals surface area contributed by atoms with E-state index in [0.717, 1.165) is 38.0 Å². The minimum atomic E-state index is -0.102. The number of hydrogen-bond donors (Lipinski definition) is 2. The molecule has 0 atom stereocenters. The summed E-state index contributed by atoms with van der Waals surface area (Å²) in [6, 6.07) is 6.94. The van der Waals surface area contributed by atoms with Gasteiger partial charge in [-0.25, -0.2) is 4.39 Å². The van der Waals surface area contributed by atoms with Crippen LogP contribution in [0.1, 0.15) is 12.0 Å². The molecule has 2 nitrogen and oxygen atoms in total. The first-order chi connectivity index (χ1) is 7.34. The van der Waals surface area contributed by atoms with Crippen LogP contribution in [0.4, 0.5) is 4.39 Å². The zero-order chi connectivity index (χ0) is 10.9. The molecule has 0 heterocycles. The largest absolute Gasteiger partial charge is 0.320 e. The fourth-order valence-electron chi connectivity index (χ4n) is 1.44. The van der Waals surface area contributed by atoms with Crippen LogP contribution in [0.3, 0.4) is 0 Å². The van der Waals surface area contributed by atoms with Gasteiger partial charge in [0.25, 0.3) is 0 Å². The fraction of sp³-hybridized carbons (Fsp3) is 0.500. The predicted molar refractivity (Wildman–Crippen MR) is 61.5 cm³/mol. The molecular weight excluding hydrogens is 191 g/mol. The number of nitrogens with one attached hydrogen (secondary N) is 2. The second kappa shape index (κ2) is 7.37. The Balaban J connectivity index is 2.12. The maximum absolute atomic E-state index is 13.2. The molecule has 0 aliphatic rings. The number of benzene rings is 1. The summed E-state index contributed by atoms with van der Waals surface area (Å²) in [7, 11) is 1.94. The average molecular weight is 210 g/mol. The van der Waals surface area contributed by atoms with E-state index in [9.17, 15) is 4.39 Å². The fourth-order valence-corrected chi connectivity index (χ4v) is 1.44. The van der Waals surface area contributed by atoms with Crippen molar-refractivity contribution in [2.75, 3.05) is 26.7 Å². The third-order valence-corrected chi connectivity index (χ3v) is 2.31. The molecule has 1 aromatic carbocycles. The molecule has 0 aromatic heterocycles. The summed E-state index contributed by atoms with van der Waals surface area (Å²) in [5.74, 6) is -0.102. The van der Waals surface area contributed by atoms with Gasteiger partial charge in [-0.1, -0.05) is 18.2 Å². The first-order valence-corrected chi connectivity index (χ1v) is 5.43. The normalized spacial score (nSPS) is 10.5. The van der Waals surface area contributed by atoms with E-state index in [1.165, 1.54) is 6.07 Å². The molecule has 0 spiro atoms. The molecule has 0 saturated carbocycles. The van der Waals surface area contributed by atoms with Crippen LogP contribution >= 0.6 is 0 Å². The van der Waals surface area contributed by atoms with Crippen LogP contribution in [-0.2, 0) is 6.42 Å². The van der Waals surface area contributed by atoms with E-state index in [4.69, 9.17) is 0 Å². The molecule has 2 N–H and O–H groups in total. The molecule has 15 heavy (non-hydrogen) atoms. The minimum absolute atomic E-state index is 0.102. The van der Waals surface area contributed by atoms with E-state index in [-0.39, 0.29) is 5.82 Å². The standard InChI is InChI=1S/C12H19FN2/c1-14-8-4-9-15-10-7-11-5-2-3-6-12(11)13/h2-3,5-6,14-15H,4,7-10H2,1H3. The van der Waals surface area contributed by atoms with Crippen molar-refractivity contribution < 1.29 is 4.39 Å². The van der Waals surface area contributed by atoms with Crippen LogP contribution in [0.25, 0.3) is 0 Å². The second-order valence-corrected chi connectivity index (χ2v) is 3.55. The van der Waals surface area contributed by atoms with Gasteiger partial charge in [0.05, 0.1) is 0 Å². The monoisotopic (exact) mass is 210 g/mol. The topological polar surface area (TPSA) is 24.1 Å². The Hall–Kier alpha value is -0.930. The Morgan fingerprint density at radius 3 is 2.67 bits per heavy atom. The molecule has 0 unspecified atom stereocenters. The summed E-state index contributed by atoms with van der Waals surface area (Å²) >= 11 is 0. The summed E-state index contributed by atoms with van der Waals surface area (Å²) in [6.45, 7) is 2.84. The van der Waals surface area contributed by atoms with Gasteiger partial charge in [-0.3, -0.25) is 0 Å². The highest BCUT2D eigenvalue weighted by Crippen LogP contribution is 2.05. The first kappa shape index (κ1) is 12.1. The molecule has 0 aliphatic carbocycles. The van der Waals surface area contributed by atoms with E-state index in [0.29, 0.717) is 0 Å². The van der Waals surface area contributed by atoms with Crippen molar-refractivity contribution in [3.63, 3.8) is 0 Å². The smallest absolute Gasteiger partial charge is 0.126 e. The lowest BCUT2D eigenvalue weighted by Gasteiger charge is -2.05. The highest BCUT2D eigenvalue weighted by Gasteiger charge is 1.98. The highest BCUT2D eigenvalue weighted by molar-refractivity contribution is 5.17. The Kier molecular flexibility index (Phi) is 5.97. The van der Waals surface area contributed by atoms with E-state index in [1.807, 2.05) is 19.2 Å². The lowest BCUT2D eigenvalue weighted by molar-refractivity contribution is 0.589. The van der Waals surface area contributed by atoms with Crippen molar-refractivity contribution in [3.05, 3.63) is 35.6 Å². The van der Waals surface area contributed by atoms with Gasteiger partial charge in [0, 0.05) is 0 Å². The Morgan fingerprint density at radius 1 is 1.13 bits per heavy atom. The SMILES string of the molecule is CNCCCNCCc1ccccc1F.